The average Bonchev–Trinajstić information content (AvgIpc) is 3.26. The van der Waals surface area contributed by atoms with Gasteiger partial charge in [-0.05, 0) is 32.8 Å². The van der Waals surface area contributed by atoms with E-state index < -0.39 is 0 Å². The number of carbonyl (C=O) groups is 1. The van der Waals surface area contributed by atoms with Gasteiger partial charge in [0.05, 0.1) is 17.2 Å². The monoisotopic (exact) mass is 372 g/mol. The molecule has 2 aliphatic rings. The second-order valence-electron chi connectivity index (χ2n) is 7.02. The van der Waals surface area contributed by atoms with Crippen LogP contribution in [0.5, 0.6) is 11.5 Å². The second kappa shape index (κ2) is 7.27. The maximum absolute atomic E-state index is 13.4. The Hall–Kier alpha value is -2.08. The first-order valence-electron chi connectivity index (χ1n) is 9.26. The zero-order chi connectivity index (χ0) is 18.1. The molecule has 1 saturated carbocycles. The molecule has 1 aliphatic heterocycles. The number of nitrogens with zero attached hydrogens (tertiary/aromatic N) is 2. The van der Waals surface area contributed by atoms with E-state index in [1.807, 2.05) is 36.9 Å². The lowest BCUT2D eigenvalue weighted by Crippen LogP contribution is -2.41. The Kier molecular flexibility index (Phi) is 4.85. The Bertz CT molecular complexity index is 811. The Balaban J connectivity index is 1.66. The van der Waals surface area contributed by atoms with Gasteiger partial charge in [-0.25, -0.2) is 4.98 Å². The fourth-order valence-electron chi connectivity index (χ4n) is 3.92. The first-order valence-corrected chi connectivity index (χ1v) is 10.1. The zero-order valence-electron chi connectivity index (χ0n) is 15.3. The number of fused-ring (bicyclic) bond motifs is 1. The van der Waals surface area contributed by atoms with Crippen molar-refractivity contribution >= 4 is 17.2 Å². The number of thiazole rings is 1. The third kappa shape index (κ3) is 3.30. The Morgan fingerprint density at radius 2 is 2.04 bits per heavy atom. The molecule has 2 aromatic rings. The highest BCUT2D eigenvalue weighted by atomic mass is 32.1. The van der Waals surface area contributed by atoms with Crippen LogP contribution >= 0.6 is 11.3 Å². The number of benzene rings is 1. The maximum atomic E-state index is 13.4. The predicted octanol–water partition coefficient (Wildman–Crippen LogP) is 4.46. The van der Waals surface area contributed by atoms with E-state index >= 15 is 0 Å². The van der Waals surface area contributed by atoms with Crippen LogP contribution in [-0.2, 0) is 6.54 Å². The number of hydrogen-bond acceptors (Lipinski definition) is 5. The normalized spacial score (nSPS) is 16.7. The number of carbonyl (C=O) groups excluding carboxylic acids is 1. The molecule has 0 radical (unpaired) electrons. The third-order valence-electron chi connectivity index (χ3n) is 5.19. The van der Waals surface area contributed by atoms with Gasteiger partial charge >= 0.3 is 0 Å². The third-order valence-corrected chi connectivity index (χ3v) is 6.25. The fourth-order valence-corrected chi connectivity index (χ4v) is 4.79. The first kappa shape index (κ1) is 17.3. The lowest BCUT2D eigenvalue weighted by molar-refractivity contribution is 0.0616. The van der Waals surface area contributed by atoms with Gasteiger partial charge in [0.15, 0.2) is 11.5 Å². The van der Waals surface area contributed by atoms with Gasteiger partial charge in [0, 0.05) is 11.6 Å². The van der Waals surface area contributed by atoms with Crippen molar-refractivity contribution in [1.82, 2.24) is 9.88 Å². The van der Waals surface area contributed by atoms with Gasteiger partial charge in [-0.15, -0.1) is 11.3 Å². The predicted molar refractivity (Wildman–Crippen MR) is 101 cm³/mol. The molecule has 0 N–H and O–H groups in total. The van der Waals surface area contributed by atoms with E-state index in [-0.39, 0.29) is 18.7 Å². The Labute approximate surface area is 157 Å². The molecule has 0 unspecified atom stereocenters. The number of aromatic nitrogens is 1. The van der Waals surface area contributed by atoms with Crippen molar-refractivity contribution in [2.45, 2.75) is 58.5 Å². The molecule has 138 valence electrons. The van der Waals surface area contributed by atoms with Crippen LogP contribution < -0.4 is 9.47 Å². The molecule has 0 spiro atoms. The number of rotatable bonds is 4. The van der Waals surface area contributed by atoms with E-state index in [9.17, 15) is 4.79 Å². The topological polar surface area (TPSA) is 51.7 Å². The summed E-state index contributed by atoms with van der Waals surface area (Å²) in [6, 6.07) is 6.18. The number of hydrogen-bond donors (Lipinski definition) is 0. The van der Waals surface area contributed by atoms with Crippen LogP contribution in [0, 0.1) is 13.8 Å². The Morgan fingerprint density at radius 3 is 2.77 bits per heavy atom. The molecule has 1 aliphatic carbocycles. The molecule has 1 amide bonds. The first-order chi connectivity index (χ1) is 12.6. The quantitative estimate of drug-likeness (QED) is 0.795. The van der Waals surface area contributed by atoms with Crippen LogP contribution in [0.2, 0.25) is 0 Å². The van der Waals surface area contributed by atoms with E-state index in [1.165, 1.54) is 30.6 Å². The van der Waals surface area contributed by atoms with E-state index in [1.54, 1.807) is 0 Å². The number of amides is 1. The van der Waals surface area contributed by atoms with Crippen LogP contribution in [0.25, 0.3) is 0 Å². The fraction of sp³-hybridized carbons (Fsp3) is 0.500. The lowest BCUT2D eigenvalue weighted by atomic mass is 9.93. The molecular weight excluding hydrogens is 348 g/mol. The maximum Gasteiger partial charge on any atom is 0.266 e. The standard InChI is InChI=1S/C20H24N2O3S/c1-13-19(26-14(2)21-13)20(23)22(16-8-4-3-5-9-16)11-15-7-6-10-17-18(15)25-12-24-17/h6-7,10,16H,3-5,8-9,11-12H2,1-2H3. The smallest absolute Gasteiger partial charge is 0.266 e. The van der Waals surface area contributed by atoms with Crippen LogP contribution in [0.15, 0.2) is 18.2 Å². The summed E-state index contributed by atoms with van der Waals surface area (Å²) in [6.07, 6.45) is 5.75. The van der Waals surface area contributed by atoms with E-state index in [2.05, 4.69) is 4.98 Å². The van der Waals surface area contributed by atoms with E-state index in [0.29, 0.717) is 6.54 Å². The molecule has 0 bridgehead atoms. The van der Waals surface area contributed by atoms with Crippen LogP contribution in [0.4, 0.5) is 0 Å². The minimum atomic E-state index is 0.0940. The van der Waals surface area contributed by atoms with Crippen LogP contribution in [0.1, 0.15) is 58.0 Å². The van der Waals surface area contributed by atoms with Gasteiger partial charge in [0.1, 0.15) is 4.88 Å². The summed E-state index contributed by atoms with van der Waals surface area (Å²) in [4.78, 5) is 20.7. The highest BCUT2D eigenvalue weighted by molar-refractivity contribution is 7.13. The van der Waals surface area contributed by atoms with Crippen LogP contribution in [0.3, 0.4) is 0 Å². The molecule has 26 heavy (non-hydrogen) atoms. The molecule has 1 aromatic carbocycles. The largest absolute Gasteiger partial charge is 0.454 e. The van der Waals surface area contributed by atoms with Crippen LogP contribution in [-0.4, -0.2) is 28.6 Å². The summed E-state index contributed by atoms with van der Waals surface area (Å²) in [7, 11) is 0. The molecule has 5 nitrogen and oxygen atoms in total. The molecule has 4 rings (SSSR count). The molecule has 6 heteroatoms. The van der Waals surface area contributed by atoms with Crippen molar-refractivity contribution in [1.29, 1.82) is 0 Å². The van der Waals surface area contributed by atoms with Crippen molar-refractivity contribution in [3.05, 3.63) is 39.3 Å². The summed E-state index contributed by atoms with van der Waals surface area (Å²) < 4.78 is 11.2. The van der Waals surface area contributed by atoms with Gasteiger partial charge in [-0.2, -0.15) is 0 Å². The van der Waals surface area contributed by atoms with Crippen molar-refractivity contribution in [2.24, 2.45) is 0 Å². The minimum absolute atomic E-state index is 0.0940. The van der Waals surface area contributed by atoms with E-state index in [0.717, 1.165) is 45.5 Å². The van der Waals surface area contributed by atoms with Crippen molar-refractivity contribution in [2.75, 3.05) is 6.79 Å². The Morgan fingerprint density at radius 1 is 1.23 bits per heavy atom. The van der Waals surface area contributed by atoms with Gasteiger partial charge in [0.25, 0.3) is 5.91 Å². The van der Waals surface area contributed by atoms with Crippen molar-refractivity contribution in [3.63, 3.8) is 0 Å². The summed E-state index contributed by atoms with van der Waals surface area (Å²) in [5, 5.41) is 0.937. The second-order valence-corrected chi connectivity index (χ2v) is 8.23. The molecule has 0 atom stereocenters. The SMILES string of the molecule is Cc1nc(C)c(C(=O)N(Cc2cccc3c2OCO3)C2CCCCC2)s1. The highest BCUT2D eigenvalue weighted by Gasteiger charge is 2.30. The number of aryl methyl sites for hydroxylation is 2. The van der Waals surface area contributed by atoms with Crippen molar-refractivity contribution < 1.29 is 14.3 Å². The van der Waals surface area contributed by atoms with Crippen molar-refractivity contribution in [3.8, 4) is 11.5 Å². The molecule has 2 heterocycles. The molecule has 1 fully saturated rings. The number of ether oxygens (including phenoxy) is 2. The zero-order valence-corrected chi connectivity index (χ0v) is 16.1. The van der Waals surface area contributed by atoms with Gasteiger partial charge in [0.2, 0.25) is 6.79 Å². The molecular formula is C20H24N2O3S. The van der Waals surface area contributed by atoms with Gasteiger partial charge < -0.3 is 14.4 Å². The summed E-state index contributed by atoms with van der Waals surface area (Å²) in [5.41, 5.74) is 1.84. The summed E-state index contributed by atoms with van der Waals surface area (Å²) in [6.45, 7) is 4.67. The summed E-state index contributed by atoms with van der Waals surface area (Å²) in [5.74, 6) is 1.64. The average molecular weight is 372 g/mol. The van der Waals surface area contributed by atoms with Gasteiger partial charge in [-0.1, -0.05) is 31.4 Å². The van der Waals surface area contributed by atoms with Gasteiger partial charge in [-0.3, -0.25) is 4.79 Å². The molecule has 1 aromatic heterocycles. The highest BCUT2D eigenvalue weighted by Crippen LogP contribution is 2.37. The molecule has 0 saturated heterocycles. The lowest BCUT2D eigenvalue weighted by Gasteiger charge is -2.34. The summed E-state index contributed by atoms with van der Waals surface area (Å²) >= 11 is 1.49. The minimum Gasteiger partial charge on any atom is -0.454 e. The van der Waals surface area contributed by atoms with E-state index in [4.69, 9.17) is 9.47 Å². The number of para-hydroxylation sites is 1.